The van der Waals surface area contributed by atoms with E-state index >= 15 is 0 Å². The second-order valence-corrected chi connectivity index (χ2v) is 23.0. The molecule has 2 aliphatic rings. The number of allylic oxidation sites excluding steroid dienone is 10. The first kappa shape index (κ1) is 42.4. The van der Waals surface area contributed by atoms with E-state index in [2.05, 4.69) is 204 Å². The molecule has 0 unspecified atom stereocenters. The number of rotatable bonds is 6. The summed E-state index contributed by atoms with van der Waals surface area (Å²) in [4.78, 5) is 35.4. The summed E-state index contributed by atoms with van der Waals surface area (Å²) >= 11 is 5.36. The Morgan fingerprint density at radius 1 is 0.356 bits per heavy atom. The number of ketones is 2. The third-order valence-corrected chi connectivity index (χ3v) is 14.3. The monoisotopic (exact) mass is 832 g/mol. The van der Waals surface area contributed by atoms with Crippen LogP contribution in [0.4, 0.5) is 0 Å². The number of carbonyl (C=O) groups is 2. The van der Waals surface area contributed by atoms with E-state index in [1.807, 2.05) is 0 Å². The van der Waals surface area contributed by atoms with Crippen LogP contribution in [0, 0.1) is 21.7 Å². The highest BCUT2D eigenvalue weighted by Gasteiger charge is 2.37. The number of hydrogen-bond donors (Lipinski definition) is 0. The fraction of sp³-hybridized carbons (Fsp3) is 0.296. The highest BCUT2D eigenvalue weighted by atomic mass is 32.1. The van der Waals surface area contributed by atoms with E-state index in [9.17, 15) is 9.59 Å². The second kappa shape index (κ2) is 15.7. The standard InChI is InChI=1S/C54H56O2S3/c1-51(2,3)37-29-35(30-38(49(37)55)52(4,5)6)47(43-25-23-41(57-43)33-19-15-13-16-20-33)45-27-28-46(59-45)48(44-26-24-42(58-44)34-21-17-14-18-22-34)36-31-39(53(7,8)9)50(56)40(32-36)54(10,11)12/h13-32H,1-12H3. The first-order valence-electron chi connectivity index (χ1n) is 20.5. The van der Waals surface area contributed by atoms with E-state index in [1.54, 1.807) is 34.0 Å². The molecule has 59 heavy (non-hydrogen) atoms. The predicted octanol–water partition coefficient (Wildman–Crippen LogP) is 15.9. The molecule has 5 heteroatoms. The van der Waals surface area contributed by atoms with Gasteiger partial charge in [-0.05, 0) is 105 Å². The van der Waals surface area contributed by atoms with Crippen molar-refractivity contribution in [1.29, 1.82) is 0 Å². The van der Waals surface area contributed by atoms with Crippen molar-refractivity contribution < 1.29 is 9.59 Å². The van der Waals surface area contributed by atoms with Crippen LogP contribution in [0.5, 0.6) is 0 Å². The summed E-state index contributed by atoms with van der Waals surface area (Å²) in [6, 6.07) is 34.6. The zero-order chi connectivity index (χ0) is 42.7. The normalized spacial score (nSPS) is 15.5. The lowest BCUT2D eigenvalue weighted by Gasteiger charge is -2.32. The topological polar surface area (TPSA) is 34.1 Å². The Balaban J connectivity index is 1.52. The quantitative estimate of drug-likeness (QED) is 0.171. The average Bonchev–Trinajstić information content (AvgIpc) is 3.95. The maximum Gasteiger partial charge on any atom is 0.186 e. The highest BCUT2D eigenvalue weighted by molar-refractivity contribution is 7.19. The molecule has 0 fully saturated rings. The molecule has 3 aromatic heterocycles. The van der Waals surface area contributed by atoms with Gasteiger partial charge in [-0.25, -0.2) is 0 Å². The van der Waals surface area contributed by atoms with Gasteiger partial charge in [0.1, 0.15) is 0 Å². The summed E-state index contributed by atoms with van der Waals surface area (Å²) in [5.41, 5.74) is 8.67. The minimum Gasteiger partial charge on any atom is -0.289 e. The van der Waals surface area contributed by atoms with Gasteiger partial charge in [0.15, 0.2) is 11.6 Å². The molecule has 7 rings (SSSR count). The average molecular weight is 833 g/mol. The summed E-state index contributed by atoms with van der Waals surface area (Å²) in [7, 11) is 0. The van der Waals surface area contributed by atoms with Gasteiger partial charge in [-0.2, -0.15) is 0 Å². The SMILES string of the molecule is CC(C)(C)C1=CC(=C(c2ccc(C(=C3C=C(C(C)(C)C)C(=O)C(C(C)(C)C)=C3)c3ccc(-c4ccccc4)s3)s2)c2ccc(-c3ccccc3)s2)C=C(C(C)(C)C)C1=O. The molecule has 0 bridgehead atoms. The van der Waals surface area contributed by atoms with Gasteiger partial charge in [0, 0.05) is 62.7 Å². The van der Waals surface area contributed by atoms with Crippen LogP contribution in [0.25, 0.3) is 32.0 Å². The van der Waals surface area contributed by atoms with Crippen LogP contribution < -0.4 is 0 Å². The van der Waals surface area contributed by atoms with E-state index in [0.717, 1.165) is 64.1 Å². The predicted molar refractivity (Wildman–Crippen MR) is 256 cm³/mol. The number of Topliss-reactive ketones (excluding diaryl/α,β-unsaturated/α-hetero) is 2. The molecular weight excluding hydrogens is 777 g/mol. The Morgan fingerprint density at radius 2 is 0.627 bits per heavy atom. The van der Waals surface area contributed by atoms with Gasteiger partial charge in [-0.1, -0.05) is 144 Å². The largest absolute Gasteiger partial charge is 0.289 e. The smallest absolute Gasteiger partial charge is 0.186 e. The molecule has 0 aliphatic heterocycles. The number of benzene rings is 2. The lowest BCUT2D eigenvalue weighted by molar-refractivity contribution is -0.114. The van der Waals surface area contributed by atoms with Gasteiger partial charge in [0.05, 0.1) is 0 Å². The first-order valence-corrected chi connectivity index (χ1v) is 22.9. The summed E-state index contributed by atoms with van der Waals surface area (Å²) in [5, 5.41) is 0. The molecule has 302 valence electrons. The van der Waals surface area contributed by atoms with Crippen LogP contribution in [0.2, 0.25) is 0 Å². The minimum atomic E-state index is -0.344. The Bertz CT molecular complexity index is 2370. The molecule has 0 radical (unpaired) electrons. The third-order valence-electron chi connectivity index (χ3n) is 10.9. The Labute approximate surface area is 364 Å². The van der Waals surface area contributed by atoms with E-state index in [1.165, 1.54) is 20.9 Å². The summed E-state index contributed by atoms with van der Waals surface area (Å²) in [5.74, 6) is 0.259. The van der Waals surface area contributed by atoms with Crippen LogP contribution >= 0.6 is 34.0 Å². The van der Waals surface area contributed by atoms with E-state index in [4.69, 9.17) is 0 Å². The number of carbonyl (C=O) groups excluding carboxylic acids is 2. The molecule has 5 aromatic rings. The van der Waals surface area contributed by atoms with E-state index < -0.39 is 0 Å². The molecular formula is C54H56O2S3. The zero-order valence-electron chi connectivity index (χ0n) is 36.6. The van der Waals surface area contributed by atoms with Crippen LogP contribution in [-0.4, -0.2) is 11.6 Å². The van der Waals surface area contributed by atoms with Gasteiger partial charge >= 0.3 is 0 Å². The van der Waals surface area contributed by atoms with Crippen molar-refractivity contribution in [3.05, 3.63) is 174 Å². The van der Waals surface area contributed by atoms with Gasteiger partial charge in [0.2, 0.25) is 0 Å². The van der Waals surface area contributed by atoms with Crippen molar-refractivity contribution in [2.45, 2.75) is 83.1 Å². The fourth-order valence-corrected chi connectivity index (χ4v) is 11.1. The molecule has 2 aliphatic carbocycles. The molecule has 0 saturated carbocycles. The molecule has 0 atom stereocenters. The first-order chi connectivity index (χ1) is 27.6. The fourth-order valence-electron chi connectivity index (χ4n) is 7.65. The van der Waals surface area contributed by atoms with Crippen molar-refractivity contribution in [3.8, 4) is 20.9 Å². The minimum absolute atomic E-state index is 0.129. The lowest BCUT2D eigenvalue weighted by atomic mass is 9.71. The Kier molecular flexibility index (Phi) is 11.3. The molecule has 0 amide bonds. The van der Waals surface area contributed by atoms with Gasteiger partial charge in [-0.3, -0.25) is 9.59 Å². The lowest BCUT2D eigenvalue weighted by Crippen LogP contribution is -2.28. The van der Waals surface area contributed by atoms with Crippen LogP contribution in [-0.2, 0) is 9.59 Å². The van der Waals surface area contributed by atoms with Gasteiger partial charge in [-0.15, -0.1) is 34.0 Å². The molecule has 3 heterocycles. The summed E-state index contributed by atoms with van der Waals surface area (Å²) in [6.07, 6.45) is 8.62. The molecule has 2 aromatic carbocycles. The van der Waals surface area contributed by atoms with Crippen LogP contribution in [0.1, 0.15) is 103 Å². The van der Waals surface area contributed by atoms with Crippen molar-refractivity contribution >= 4 is 56.7 Å². The molecule has 0 N–H and O–H groups in total. The third kappa shape index (κ3) is 8.80. The van der Waals surface area contributed by atoms with Crippen molar-refractivity contribution in [2.24, 2.45) is 21.7 Å². The second-order valence-electron chi connectivity index (χ2n) is 19.8. The molecule has 2 nitrogen and oxygen atoms in total. The van der Waals surface area contributed by atoms with Crippen molar-refractivity contribution in [3.63, 3.8) is 0 Å². The van der Waals surface area contributed by atoms with Gasteiger partial charge < -0.3 is 0 Å². The summed E-state index contributed by atoms with van der Waals surface area (Å²) in [6.45, 7) is 25.6. The van der Waals surface area contributed by atoms with Crippen LogP contribution in [0.15, 0.2) is 155 Å². The van der Waals surface area contributed by atoms with Crippen LogP contribution in [0.3, 0.4) is 0 Å². The zero-order valence-corrected chi connectivity index (χ0v) is 39.0. The van der Waals surface area contributed by atoms with E-state index in [0.29, 0.717) is 0 Å². The van der Waals surface area contributed by atoms with E-state index in [-0.39, 0.29) is 33.2 Å². The van der Waals surface area contributed by atoms with Crippen molar-refractivity contribution in [2.75, 3.05) is 0 Å². The maximum atomic E-state index is 14.2. The van der Waals surface area contributed by atoms with Crippen molar-refractivity contribution in [1.82, 2.24) is 0 Å². The van der Waals surface area contributed by atoms with Gasteiger partial charge in [0.25, 0.3) is 0 Å². The summed E-state index contributed by atoms with van der Waals surface area (Å²) < 4.78 is 0. The number of thiophene rings is 3. The highest BCUT2D eigenvalue weighted by Crippen LogP contribution is 2.49. The number of hydrogen-bond acceptors (Lipinski definition) is 5. The maximum absolute atomic E-state index is 14.2. The molecule has 0 saturated heterocycles. The Hall–Kier alpha value is -4.68. The molecule has 0 spiro atoms. The Morgan fingerprint density at radius 3 is 0.915 bits per heavy atom.